The van der Waals surface area contributed by atoms with Gasteiger partial charge in [0.2, 0.25) is 0 Å². The van der Waals surface area contributed by atoms with Gasteiger partial charge in [0, 0.05) is 44.0 Å². The first-order chi connectivity index (χ1) is 10.9. The van der Waals surface area contributed by atoms with Gasteiger partial charge < -0.3 is 15.5 Å². The van der Waals surface area contributed by atoms with Crippen molar-refractivity contribution in [2.24, 2.45) is 11.7 Å². The fraction of sp³-hybridized carbons (Fsp3) is 0.632. The van der Waals surface area contributed by atoms with E-state index in [4.69, 9.17) is 5.73 Å². The first-order valence-electron chi connectivity index (χ1n) is 8.76. The van der Waals surface area contributed by atoms with E-state index >= 15 is 0 Å². The Morgan fingerprint density at radius 2 is 1.74 bits per heavy atom. The summed E-state index contributed by atoms with van der Waals surface area (Å²) in [5.41, 5.74) is 7.97. The summed E-state index contributed by atoms with van der Waals surface area (Å²) in [5.74, 6) is 0.502. The van der Waals surface area contributed by atoms with E-state index in [9.17, 15) is 4.79 Å². The van der Waals surface area contributed by atoms with Gasteiger partial charge in [0.15, 0.2) is 0 Å². The lowest BCUT2D eigenvalue weighted by Gasteiger charge is -2.24. The van der Waals surface area contributed by atoms with Gasteiger partial charge in [0.05, 0.1) is 0 Å². The van der Waals surface area contributed by atoms with Crippen molar-refractivity contribution < 1.29 is 4.79 Å². The standard InChI is InChI=1S/C19H33N3O/c1-6-13-22(7-2)17-10-8-16(9-11-17)19(23)21(5)14-12-18(20)15(3)4/h8-11,15,18H,6-7,12-14,20H2,1-5H3. The second kappa shape index (κ2) is 9.56. The molecule has 1 amide bonds. The van der Waals surface area contributed by atoms with Crippen LogP contribution in [0.4, 0.5) is 5.69 Å². The van der Waals surface area contributed by atoms with Gasteiger partial charge >= 0.3 is 0 Å². The Morgan fingerprint density at radius 3 is 2.22 bits per heavy atom. The first kappa shape index (κ1) is 19.5. The summed E-state index contributed by atoms with van der Waals surface area (Å²) in [5, 5.41) is 0. The topological polar surface area (TPSA) is 49.6 Å². The van der Waals surface area contributed by atoms with Crippen molar-refractivity contribution in [3.63, 3.8) is 0 Å². The number of anilines is 1. The predicted octanol–water partition coefficient (Wildman–Crippen LogP) is 3.37. The molecule has 1 aromatic carbocycles. The molecule has 4 heteroatoms. The zero-order chi connectivity index (χ0) is 17.4. The van der Waals surface area contributed by atoms with E-state index in [1.165, 1.54) is 5.69 Å². The van der Waals surface area contributed by atoms with Gasteiger partial charge in [0.1, 0.15) is 0 Å². The highest BCUT2D eigenvalue weighted by Crippen LogP contribution is 2.16. The molecule has 0 aliphatic carbocycles. The summed E-state index contributed by atoms with van der Waals surface area (Å²) in [6.45, 7) is 11.3. The lowest BCUT2D eigenvalue weighted by atomic mass is 10.0. The van der Waals surface area contributed by atoms with Gasteiger partial charge in [-0.2, -0.15) is 0 Å². The monoisotopic (exact) mass is 319 g/mol. The fourth-order valence-electron chi connectivity index (χ4n) is 2.55. The zero-order valence-corrected chi connectivity index (χ0v) is 15.4. The van der Waals surface area contributed by atoms with Crippen LogP contribution in [-0.2, 0) is 0 Å². The summed E-state index contributed by atoms with van der Waals surface area (Å²) >= 11 is 0. The molecule has 0 heterocycles. The fourth-order valence-corrected chi connectivity index (χ4v) is 2.55. The maximum atomic E-state index is 12.5. The zero-order valence-electron chi connectivity index (χ0n) is 15.4. The van der Waals surface area contributed by atoms with Crippen LogP contribution in [0.1, 0.15) is 50.9 Å². The van der Waals surface area contributed by atoms with E-state index in [1.807, 2.05) is 31.3 Å². The highest BCUT2D eigenvalue weighted by molar-refractivity contribution is 5.94. The smallest absolute Gasteiger partial charge is 0.253 e. The number of carbonyl (C=O) groups is 1. The Labute approximate surface area is 141 Å². The average Bonchev–Trinajstić information content (AvgIpc) is 2.56. The van der Waals surface area contributed by atoms with Gasteiger partial charge in [-0.25, -0.2) is 0 Å². The van der Waals surface area contributed by atoms with Crippen LogP contribution < -0.4 is 10.6 Å². The van der Waals surface area contributed by atoms with Crippen LogP contribution in [0.3, 0.4) is 0 Å². The van der Waals surface area contributed by atoms with Gasteiger partial charge in [-0.3, -0.25) is 4.79 Å². The highest BCUT2D eigenvalue weighted by atomic mass is 16.2. The van der Waals surface area contributed by atoms with Crippen LogP contribution in [0.15, 0.2) is 24.3 Å². The van der Waals surface area contributed by atoms with Gasteiger partial charge in [0.25, 0.3) is 5.91 Å². The maximum absolute atomic E-state index is 12.5. The molecule has 130 valence electrons. The molecule has 0 aliphatic heterocycles. The lowest BCUT2D eigenvalue weighted by Crippen LogP contribution is -2.34. The van der Waals surface area contributed by atoms with Crippen LogP contribution >= 0.6 is 0 Å². The SMILES string of the molecule is CCCN(CC)c1ccc(C(=O)N(C)CCC(N)C(C)C)cc1. The predicted molar refractivity (Wildman–Crippen MR) is 99.0 cm³/mol. The van der Waals surface area contributed by atoms with Gasteiger partial charge in [-0.05, 0) is 49.9 Å². The molecule has 1 aromatic rings. The number of benzene rings is 1. The summed E-state index contributed by atoms with van der Waals surface area (Å²) in [4.78, 5) is 16.6. The van der Waals surface area contributed by atoms with Gasteiger partial charge in [-0.15, -0.1) is 0 Å². The molecule has 0 radical (unpaired) electrons. The Balaban J connectivity index is 2.66. The largest absolute Gasteiger partial charge is 0.372 e. The molecule has 1 rings (SSSR count). The Hall–Kier alpha value is -1.55. The highest BCUT2D eigenvalue weighted by Gasteiger charge is 2.15. The van der Waals surface area contributed by atoms with E-state index in [2.05, 4.69) is 32.6 Å². The van der Waals surface area contributed by atoms with Crippen molar-refractivity contribution in [3.8, 4) is 0 Å². The van der Waals surface area contributed by atoms with Crippen LogP contribution in [0.25, 0.3) is 0 Å². The van der Waals surface area contributed by atoms with Crippen molar-refractivity contribution in [1.29, 1.82) is 0 Å². The summed E-state index contributed by atoms with van der Waals surface area (Å²) < 4.78 is 0. The van der Waals surface area contributed by atoms with Crippen molar-refractivity contribution in [2.75, 3.05) is 31.6 Å². The normalized spacial score (nSPS) is 12.3. The third-order valence-corrected chi connectivity index (χ3v) is 4.36. The molecule has 2 N–H and O–H groups in total. The molecule has 0 spiro atoms. The Kier molecular flexibility index (Phi) is 8.10. The minimum atomic E-state index is 0.0612. The number of amides is 1. The molecule has 0 bridgehead atoms. The lowest BCUT2D eigenvalue weighted by molar-refractivity contribution is 0.0789. The molecular weight excluding hydrogens is 286 g/mol. The molecule has 0 fully saturated rings. The first-order valence-corrected chi connectivity index (χ1v) is 8.76. The van der Waals surface area contributed by atoms with Crippen LogP contribution in [0.2, 0.25) is 0 Å². The summed E-state index contributed by atoms with van der Waals surface area (Å²) in [7, 11) is 1.85. The van der Waals surface area contributed by atoms with Crippen LogP contribution in [-0.4, -0.2) is 43.5 Å². The molecule has 1 unspecified atom stereocenters. The van der Waals surface area contributed by atoms with E-state index in [1.54, 1.807) is 4.90 Å². The second-order valence-corrected chi connectivity index (χ2v) is 6.55. The van der Waals surface area contributed by atoms with Crippen molar-refractivity contribution in [2.45, 2.75) is 46.6 Å². The van der Waals surface area contributed by atoms with Crippen molar-refractivity contribution in [1.82, 2.24) is 4.90 Å². The number of nitrogens with two attached hydrogens (primary N) is 1. The van der Waals surface area contributed by atoms with E-state index in [-0.39, 0.29) is 11.9 Å². The van der Waals surface area contributed by atoms with Crippen molar-refractivity contribution >= 4 is 11.6 Å². The molecule has 0 saturated carbocycles. The third kappa shape index (κ3) is 5.87. The van der Waals surface area contributed by atoms with Crippen LogP contribution in [0.5, 0.6) is 0 Å². The summed E-state index contributed by atoms with van der Waals surface area (Å²) in [6.07, 6.45) is 1.95. The molecule has 0 saturated heterocycles. The van der Waals surface area contributed by atoms with Crippen molar-refractivity contribution in [3.05, 3.63) is 29.8 Å². The molecule has 1 atom stereocenters. The molecule has 0 aliphatic rings. The van der Waals surface area contributed by atoms with Gasteiger partial charge in [-0.1, -0.05) is 20.8 Å². The number of carbonyl (C=O) groups excluding carboxylic acids is 1. The van der Waals surface area contributed by atoms with E-state index in [0.29, 0.717) is 12.5 Å². The summed E-state index contributed by atoms with van der Waals surface area (Å²) in [6, 6.07) is 8.07. The minimum Gasteiger partial charge on any atom is -0.372 e. The second-order valence-electron chi connectivity index (χ2n) is 6.55. The number of nitrogens with zero attached hydrogens (tertiary/aromatic N) is 2. The molecule has 0 aromatic heterocycles. The molecule has 4 nitrogen and oxygen atoms in total. The van der Waals surface area contributed by atoms with E-state index in [0.717, 1.165) is 31.5 Å². The molecule has 23 heavy (non-hydrogen) atoms. The average molecular weight is 319 g/mol. The van der Waals surface area contributed by atoms with Crippen LogP contribution in [0, 0.1) is 5.92 Å². The Bertz CT molecular complexity index is 470. The number of rotatable bonds is 9. The minimum absolute atomic E-state index is 0.0612. The van der Waals surface area contributed by atoms with E-state index < -0.39 is 0 Å². The number of hydrogen-bond acceptors (Lipinski definition) is 3. The number of hydrogen-bond donors (Lipinski definition) is 1. The molecular formula is C19H33N3O. The Morgan fingerprint density at radius 1 is 1.13 bits per heavy atom. The quantitative estimate of drug-likeness (QED) is 0.759. The maximum Gasteiger partial charge on any atom is 0.253 e. The third-order valence-electron chi connectivity index (χ3n) is 4.36.